The van der Waals surface area contributed by atoms with Crippen LogP contribution in [0.1, 0.15) is 46.0 Å². The largest absolute Gasteiger partial charge is 0.395 e. The van der Waals surface area contributed by atoms with Gasteiger partial charge in [0.05, 0.1) is 6.61 Å². The van der Waals surface area contributed by atoms with E-state index < -0.39 is 0 Å². The highest BCUT2D eigenvalue weighted by Gasteiger charge is 2.24. The minimum absolute atomic E-state index is 0.307. The molecule has 2 heteroatoms. The van der Waals surface area contributed by atoms with Crippen LogP contribution >= 0.6 is 0 Å². The summed E-state index contributed by atoms with van der Waals surface area (Å²) in [4.78, 5) is 2.45. The van der Waals surface area contributed by atoms with Gasteiger partial charge in [-0.15, -0.1) is 0 Å². The van der Waals surface area contributed by atoms with Crippen LogP contribution in [0.5, 0.6) is 0 Å². The Morgan fingerprint density at radius 3 is 2.64 bits per heavy atom. The summed E-state index contributed by atoms with van der Waals surface area (Å²) in [5, 5.41) is 8.98. The van der Waals surface area contributed by atoms with Gasteiger partial charge in [-0.25, -0.2) is 0 Å². The first-order valence-corrected chi connectivity index (χ1v) is 6.16. The molecule has 2 nitrogen and oxygen atoms in total. The summed E-state index contributed by atoms with van der Waals surface area (Å²) in [6.45, 7) is 6.75. The molecular formula is C12H25NO. The van der Waals surface area contributed by atoms with E-state index in [1.165, 1.54) is 32.1 Å². The number of nitrogens with zero attached hydrogens (tertiary/aromatic N) is 1. The van der Waals surface area contributed by atoms with Crippen molar-refractivity contribution in [3.8, 4) is 0 Å². The predicted molar refractivity (Wildman–Crippen MR) is 60.4 cm³/mol. The molecule has 0 aromatic rings. The van der Waals surface area contributed by atoms with Gasteiger partial charge in [-0.1, -0.05) is 33.1 Å². The van der Waals surface area contributed by atoms with Gasteiger partial charge >= 0.3 is 0 Å². The van der Waals surface area contributed by atoms with E-state index in [-0.39, 0.29) is 0 Å². The molecule has 2 unspecified atom stereocenters. The maximum atomic E-state index is 8.98. The Hall–Kier alpha value is -0.0800. The van der Waals surface area contributed by atoms with Crippen LogP contribution in [0.15, 0.2) is 0 Å². The van der Waals surface area contributed by atoms with Crippen LogP contribution in [0.2, 0.25) is 0 Å². The van der Waals surface area contributed by atoms with Crippen molar-refractivity contribution in [2.24, 2.45) is 5.92 Å². The Bertz CT molecular complexity index is 149. The molecule has 0 bridgehead atoms. The molecule has 2 atom stereocenters. The number of aliphatic hydroxyl groups is 1. The second kappa shape index (κ2) is 6.41. The Morgan fingerprint density at radius 2 is 2.07 bits per heavy atom. The van der Waals surface area contributed by atoms with Crippen molar-refractivity contribution in [1.29, 1.82) is 0 Å². The number of likely N-dealkylation sites (N-methyl/N-ethyl adjacent to an activating group) is 1. The van der Waals surface area contributed by atoms with Crippen molar-refractivity contribution in [1.82, 2.24) is 4.90 Å². The van der Waals surface area contributed by atoms with E-state index in [0.717, 1.165) is 25.0 Å². The second-order valence-corrected chi connectivity index (χ2v) is 4.45. The van der Waals surface area contributed by atoms with Crippen molar-refractivity contribution in [3.63, 3.8) is 0 Å². The van der Waals surface area contributed by atoms with Gasteiger partial charge in [-0.3, -0.25) is 4.90 Å². The summed E-state index contributed by atoms with van der Waals surface area (Å²) in [7, 11) is 0. The third kappa shape index (κ3) is 3.25. The Balaban J connectivity index is 2.40. The molecule has 14 heavy (non-hydrogen) atoms. The number of rotatable bonds is 5. The van der Waals surface area contributed by atoms with Gasteiger partial charge in [0.15, 0.2) is 0 Å². The fraction of sp³-hybridized carbons (Fsp3) is 1.00. The number of hydrogen-bond acceptors (Lipinski definition) is 2. The standard InChI is InChI=1S/C12H25NO/c1-3-11-6-5-7-12(10-11)13(4-2)8-9-14/h11-12,14H,3-10H2,1-2H3. The highest BCUT2D eigenvalue weighted by molar-refractivity contribution is 4.79. The third-order valence-electron chi connectivity index (χ3n) is 3.64. The van der Waals surface area contributed by atoms with Crippen LogP contribution in [0, 0.1) is 5.92 Å². The molecule has 1 fully saturated rings. The van der Waals surface area contributed by atoms with E-state index in [4.69, 9.17) is 5.11 Å². The lowest BCUT2D eigenvalue weighted by Gasteiger charge is -2.36. The van der Waals surface area contributed by atoms with Gasteiger partial charge < -0.3 is 5.11 Å². The molecule has 0 spiro atoms. The second-order valence-electron chi connectivity index (χ2n) is 4.45. The van der Waals surface area contributed by atoms with Crippen LogP contribution in [-0.2, 0) is 0 Å². The van der Waals surface area contributed by atoms with E-state index in [9.17, 15) is 0 Å². The van der Waals surface area contributed by atoms with Gasteiger partial charge in [0, 0.05) is 12.6 Å². The van der Waals surface area contributed by atoms with Gasteiger partial charge in [-0.05, 0) is 25.3 Å². The van der Waals surface area contributed by atoms with Gasteiger partial charge in [0.1, 0.15) is 0 Å². The highest BCUT2D eigenvalue weighted by atomic mass is 16.3. The van der Waals surface area contributed by atoms with E-state index in [1.807, 2.05) is 0 Å². The van der Waals surface area contributed by atoms with Crippen molar-refractivity contribution >= 4 is 0 Å². The SMILES string of the molecule is CCC1CCCC(N(CC)CCO)C1. The maximum absolute atomic E-state index is 8.98. The zero-order chi connectivity index (χ0) is 10.4. The third-order valence-corrected chi connectivity index (χ3v) is 3.64. The van der Waals surface area contributed by atoms with Crippen LogP contribution < -0.4 is 0 Å². The Morgan fingerprint density at radius 1 is 1.29 bits per heavy atom. The lowest BCUT2D eigenvalue weighted by atomic mass is 9.83. The Kier molecular flexibility index (Phi) is 5.49. The van der Waals surface area contributed by atoms with Crippen molar-refractivity contribution in [2.45, 2.75) is 52.0 Å². The first kappa shape index (κ1) is 12.0. The molecule has 84 valence electrons. The molecule has 1 N–H and O–H groups in total. The fourth-order valence-corrected chi connectivity index (χ4v) is 2.69. The minimum Gasteiger partial charge on any atom is -0.395 e. The van der Waals surface area contributed by atoms with Crippen LogP contribution in [-0.4, -0.2) is 35.7 Å². The topological polar surface area (TPSA) is 23.5 Å². The zero-order valence-corrected chi connectivity index (χ0v) is 9.71. The van der Waals surface area contributed by atoms with E-state index in [1.54, 1.807) is 0 Å². The summed E-state index contributed by atoms with van der Waals surface area (Å²) in [6, 6.07) is 0.742. The first-order chi connectivity index (χ1) is 6.81. The molecule has 1 saturated carbocycles. The molecule has 0 radical (unpaired) electrons. The lowest BCUT2D eigenvalue weighted by molar-refractivity contribution is 0.110. The molecule has 1 aliphatic carbocycles. The van der Waals surface area contributed by atoms with Gasteiger partial charge in [-0.2, -0.15) is 0 Å². The number of hydrogen-bond donors (Lipinski definition) is 1. The normalized spacial score (nSPS) is 28.3. The smallest absolute Gasteiger partial charge is 0.0558 e. The first-order valence-electron chi connectivity index (χ1n) is 6.16. The average molecular weight is 199 g/mol. The summed E-state index contributed by atoms with van der Waals surface area (Å²) in [5.74, 6) is 0.932. The monoisotopic (exact) mass is 199 g/mol. The molecule has 0 amide bonds. The van der Waals surface area contributed by atoms with Crippen molar-refractivity contribution < 1.29 is 5.11 Å². The molecule has 1 rings (SSSR count). The molecule has 0 aromatic carbocycles. The minimum atomic E-state index is 0.307. The van der Waals surface area contributed by atoms with Gasteiger partial charge in [0.25, 0.3) is 0 Å². The van der Waals surface area contributed by atoms with Crippen LogP contribution in [0.4, 0.5) is 0 Å². The van der Waals surface area contributed by atoms with E-state index >= 15 is 0 Å². The quantitative estimate of drug-likeness (QED) is 0.734. The summed E-state index contributed by atoms with van der Waals surface area (Å²) < 4.78 is 0. The van der Waals surface area contributed by atoms with E-state index in [2.05, 4.69) is 18.7 Å². The Labute approximate surface area is 88.3 Å². The lowest BCUT2D eigenvalue weighted by Crippen LogP contribution is -2.40. The summed E-state index contributed by atoms with van der Waals surface area (Å²) in [6.07, 6.45) is 6.82. The zero-order valence-electron chi connectivity index (χ0n) is 9.71. The molecule has 0 saturated heterocycles. The molecule has 0 heterocycles. The molecule has 1 aliphatic rings. The van der Waals surface area contributed by atoms with Crippen molar-refractivity contribution in [3.05, 3.63) is 0 Å². The highest BCUT2D eigenvalue weighted by Crippen LogP contribution is 2.29. The summed E-state index contributed by atoms with van der Waals surface area (Å²) >= 11 is 0. The maximum Gasteiger partial charge on any atom is 0.0558 e. The molecule has 0 aliphatic heterocycles. The van der Waals surface area contributed by atoms with Crippen LogP contribution in [0.25, 0.3) is 0 Å². The van der Waals surface area contributed by atoms with Crippen LogP contribution in [0.3, 0.4) is 0 Å². The summed E-state index contributed by atoms with van der Waals surface area (Å²) in [5.41, 5.74) is 0. The van der Waals surface area contributed by atoms with E-state index in [0.29, 0.717) is 6.61 Å². The molecular weight excluding hydrogens is 174 g/mol. The van der Waals surface area contributed by atoms with Crippen molar-refractivity contribution in [2.75, 3.05) is 19.7 Å². The average Bonchev–Trinajstić information content (AvgIpc) is 2.26. The predicted octanol–water partition coefficient (Wildman–Crippen LogP) is 2.27. The number of aliphatic hydroxyl groups excluding tert-OH is 1. The molecule has 0 aromatic heterocycles. The van der Waals surface area contributed by atoms with Gasteiger partial charge in [0.2, 0.25) is 0 Å². The fourth-order valence-electron chi connectivity index (χ4n) is 2.69.